The Morgan fingerprint density at radius 1 is 0.755 bits per heavy atom. The first-order valence-electron chi connectivity index (χ1n) is 13.5. The molecular weight excluding hydrogens is 907 g/mol. The van der Waals surface area contributed by atoms with E-state index >= 15 is 0 Å². The minimum absolute atomic E-state index is 0.0492. The fourth-order valence-corrected chi connectivity index (χ4v) is 6.92. The molecule has 4 aromatic rings. The van der Waals surface area contributed by atoms with Gasteiger partial charge in [0.25, 0.3) is 0 Å². The standard InChI is InChI=1S/C16H18I.C14H9Cl6N3O.CHF3O3S/c1-11-9-13(3)16(14(4)10-11)17-15-8-6-5-7-12(15)2;1-24-9-5-2-8(3-6-9)4-7-10-21-11(13(15,16)17)23-12(22-10)14(18,19)20;2-1(3,4)8(5,6)7/h5-10H,1-4H3;2-7H,1H3;(H,5,6,7)/q+1;;/p-1. The van der Waals surface area contributed by atoms with E-state index in [2.05, 4.69) is 79.0 Å². The summed E-state index contributed by atoms with van der Waals surface area (Å²) in [5, 5.41) is 0. The molecule has 266 valence electrons. The Morgan fingerprint density at radius 2 is 1.22 bits per heavy atom. The van der Waals surface area contributed by atoms with Gasteiger partial charge in [-0.25, -0.2) is 23.4 Å². The van der Waals surface area contributed by atoms with Gasteiger partial charge >= 0.3 is 26.7 Å². The number of rotatable bonds is 5. The Labute approximate surface area is 323 Å². The van der Waals surface area contributed by atoms with Gasteiger partial charge in [0.05, 0.1) is 7.11 Å². The first kappa shape index (κ1) is 43.5. The molecule has 0 spiro atoms. The number of alkyl halides is 9. The van der Waals surface area contributed by atoms with Crippen LogP contribution < -0.4 is 25.9 Å². The third kappa shape index (κ3) is 14.5. The molecule has 0 amide bonds. The maximum atomic E-state index is 10.7. The second kappa shape index (κ2) is 18.2. The summed E-state index contributed by atoms with van der Waals surface area (Å²) in [5.74, 6) is 0.643. The average molecular weight is 934 g/mol. The van der Waals surface area contributed by atoms with Gasteiger partial charge in [-0.05, 0) is 57.5 Å². The molecular formula is C31H27Cl6F3IN3O4S. The third-order valence-electron chi connectivity index (χ3n) is 5.84. The molecule has 0 aliphatic carbocycles. The first-order valence-corrected chi connectivity index (χ1v) is 19.3. The van der Waals surface area contributed by atoms with E-state index in [1.807, 2.05) is 24.3 Å². The van der Waals surface area contributed by atoms with E-state index in [0.29, 0.717) is 0 Å². The highest BCUT2D eigenvalue weighted by atomic mass is 127. The van der Waals surface area contributed by atoms with Gasteiger partial charge in [-0.3, -0.25) is 0 Å². The van der Waals surface area contributed by atoms with Crippen LogP contribution in [0.5, 0.6) is 5.75 Å². The fourth-order valence-electron chi connectivity index (χ4n) is 3.68. The van der Waals surface area contributed by atoms with Crippen LogP contribution in [0, 0.1) is 34.8 Å². The number of benzene rings is 3. The molecule has 0 aliphatic heterocycles. The summed E-state index contributed by atoms with van der Waals surface area (Å²) >= 11 is 34.8. The second-order valence-corrected chi connectivity index (χ2v) is 18.6. The topological polar surface area (TPSA) is 105 Å². The van der Waals surface area contributed by atoms with Crippen molar-refractivity contribution in [2.75, 3.05) is 7.11 Å². The smallest absolute Gasteiger partial charge is 0.485 e. The van der Waals surface area contributed by atoms with Gasteiger partial charge in [0.2, 0.25) is 7.59 Å². The maximum Gasteiger partial charge on any atom is 0.485 e. The molecule has 49 heavy (non-hydrogen) atoms. The lowest BCUT2D eigenvalue weighted by Gasteiger charge is -2.14. The first-order chi connectivity index (χ1) is 22.4. The minimum Gasteiger partial charge on any atom is -0.741 e. The molecule has 0 bridgehead atoms. The Morgan fingerprint density at radius 3 is 1.63 bits per heavy atom. The molecule has 0 atom stereocenters. The number of aryl methyl sites for hydroxylation is 4. The second-order valence-electron chi connectivity index (χ2n) is 9.90. The normalized spacial score (nSPS) is 12.1. The van der Waals surface area contributed by atoms with Crippen molar-refractivity contribution in [2.45, 2.75) is 40.8 Å². The van der Waals surface area contributed by atoms with Crippen molar-refractivity contribution >= 4 is 91.9 Å². The van der Waals surface area contributed by atoms with Gasteiger partial charge in [-0.15, -0.1) is 0 Å². The molecule has 0 saturated heterocycles. The van der Waals surface area contributed by atoms with E-state index < -0.39 is 23.2 Å². The lowest BCUT2D eigenvalue weighted by molar-refractivity contribution is -0.599. The van der Waals surface area contributed by atoms with Gasteiger partial charge in [0, 0.05) is 16.7 Å². The number of hydrogen-bond acceptors (Lipinski definition) is 7. The molecule has 0 N–H and O–H groups in total. The Balaban J connectivity index is 0.000000289. The molecule has 7 nitrogen and oxygen atoms in total. The summed E-state index contributed by atoms with van der Waals surface area (Å²) in [6.45, 7) is 8.88. The zero-order valence-electron chi connectivity index (χ0n) is 26.1. The molecule has 1 heterocycles. The lowest BCUT2D eigenvalue weighted by Crippen LogP contribution is -3.62. The summed E-state index contributed by atoms with van der Waals surface area (Å²) < 4.78 is 63.4. The number of ether oxygens (including phenoxy) is 1. The average Bonchev–Trinajstić information content (AvgIpc) is 2.97. The molecule has 0 aliphatic rings. The van der Waals surface area contributed by atoms with Crippen LogP contribution in [0.3, 0.4) is 0 Å². The highest BCUT2D eigenvalue weighted by Gasteiger charge is 2.37. The van der Waals surface area contributed by atoms with Crippen molar-refractivity contribution in [3.8, 4) is 5.75 Å². The SMILES string of the molecule is COc1ccc(C=Cc2nc(C(Cl)(Cl)Cl)nc(C(Cl)(Cl)Cl)n2)cc1.Cc1cc(C)c([I+]c2ccccc2C)c(C)c1.O=S(=O)([O-])C(F)(F)F. The van der Waals surface area contributed by atoms with Gasteiger partial charge < -0.3 is 9.29 Å². The van der Waals surface area contributed by atoms with E-state index in [4.69, 9.17) is 87.3 Å². The molecule has 0 saturated carbocycles. The number of aromatic nitrogens is 3. The van der Waals surface area contributed by atoms with Crippen molar-refractivity contribution in [1.82, 2.24) is 15.0 Å². The molecule has 4 rings (SSSR count). The van der Waals surface area contributed by atoms with Crippen LogP contribution in [0.25, 0.3) is 12.2 Å². The van der Waals surface area contributed by atoms with E-state index in [0.717, 1.165) is 11.3 Å². The summed E-state index contributed by atoms with van der Waals surface area (Å²) in [6, 6.07) is 20.7. The Kier molecular flexibility index (Phi) is 16.2. The Bertz CT molecular complexity index is 1820. The third-order valence-corrected chi connectivity index (χ3v) is 11.5. The molecule has 18 heteroatoms. The number of hydrogen-bond donors (Lipinski definition) is 0. The van der Waals surface area contributed by atoms with Crippen LogP contribution in [0.2, 0.25) is 0 Å². The zero-order chi connectivity index (χ0) is 37.4. The van der Waals surface area contributed by atoms with Gasteiger partial charge in [0.15, 0.2) is 34.7 Å². The van der Waals surface area contributed by atoms with Crippen LogP contribution in [0.1, 0.15) is 45.3 Å². The zero-order valence-corrected chi connectivity index (χ0v) is 33.6. The van der Waals surface area contributed by atoms with Crippen molar-refractivity contribution < 1.29 is 52.1 Å². The van der Waals surface area contributed by atoms with Crippen molar-refractivity contribution in [3.63, 3.8) is 0 Å². The van der Waals surface area contributed by atoms with E-state index in [9.17, 15) is 13.2 Å². The van der Waals surface area contributed by atoms with Gasteiger partial charge in [0.1, 0.15) is 5.75 Å². The van der Waals surface area contributed by atoms with E-state index in [-0.39, 0.29) is 38.7 Å². The fraction of sp³-hybridized carbons (Fsp3) is 0.258. The van der Waals surface area contributed by atoms with Gasteiger partial charge in [-0.1, -0.05) is 124 Å². The van der Waals surface area contributed by atoms with Crippen LogP contribution >= 0.6 is 69.6 Å². The molecule has 0 fully saturated rings. The highest BCUT2D eigenvalue weighted by Crippen LogP contribution is 2.40. The summed E-state index contributed by atoms with van der Waals surface area (Å²) in [5.41, 5.74) is 0.948. The van der Waals surface area contributed by atoms with Crippen LogP contribution in [-0.2, 0) is 17.7 Å². The summed E-state index contributed by atoms with van der Waals surface area (Å²) in [7, 11) is -4.50. The molecule has 3 aromatic carbocycles. The van der Waals surface area contributed by atoms with Crippen LogP contribution in [0.4, 0.5) is 13.2 Å². The molecule has 1 aromatic heterocycles. The van der Waals surface area contributed by atoms with E-state index in [1.165, 1.54) is 22.3 Å². The number of halogens is 10. The van der Waals surface area contributed by atoms with Crippen molar-refractivity contribution in [2.24, 2.45) is 0 Å². The number of nitrogens with zero attached hydrogens (tertiary/aromatic N) is 3. The molecule has 0 radical (unpaired) electrons. The van der Waals surface area contributed by atoms with E-state index in [1.54, 1.807) is 26.4 Å². The minimum atomic E-state index is -6.09. The predicted octanol–water partition coefficient (Wildman–Crippen LogP) is 6.80. The highest BCUT2D eigenvalue weighted by molar-refractivity contribution is 7.86. The van der Waals surface area contributed by atoms with Gasteiger partial charge in [-0.2, -0.15) is 13.2 Å². The largest absolute Gasteiger partial charge is 0.741 e. The number of methoxy groups -OCH3 is 1. The maximum absolute atomic E-state index is 10.7. The summed E-state index contributed by atoms with van der Waals surface area (Å²) in [4.78, 5) is 12.0. The Hall–Kier alpha value is -1.62. The predicted molar refractivity (Wildman–Crippen MR) is 185 cm³/mol. The lowest BCUT2D eigenvalue weighted by atomic mass is 10.1. The molecule has 0 unspecified atom stereocenters. The monoisotopic (exact) mass is 931 g/mol. The van der Waals surface area contributed by atoms with Crippen molar-refractivity contribution in [3.05, 3.63) is 113 Å². The van der Waals surface area contributed by atoms with Crippen LogP contribution in [-0.4, -0.2) is 40.5 Å². The summed E-state index contributed by atoms with van der Waals surface area (Å²) in [6.07, 6.45) is 3.34. The quantitative estimate of drug-likeness (QED) is 0.0939. The van der Waals surface area contributed by atoms with Crippen LogP contribution in [0.15, 0.2) is 60.7 Å². The van der Waals surface area contributed by atoms with Crippen molar-refractivity contribution in [1.29, 1.82) is 0 Å².